The van der Waals surface area contributed by atoms with Crippen LogP contribution in [0.1, 0.15) is 49.0 Å². The van der Waals surface area contributed by atoms with Crippen LogP contribution < -0.4 is 0 Å². The van der Waals surface area contributed by atoms with Gasteiger partial charge in [-0.2, -0.15) is 5.10 Å². The Morgan fingerprint density at radius 2 is 2.18 bits per heavy atom. The Labute approximate surface area is 201 Å². The minimum absolute atomic E-state index is 0.00937. The van der Waals surface area contributed by atoms with Crippen molar-refractivity contribution in [1.29, 1.82) is 0 Å². The average Bonchev–Trinajstić information content (AvgIpc) is 3.43. The number of benzene rings is 1. The van der Waals surface area contributed by atoms with E-state index in [2.05, 4.69) is 65.0 Å². The van der Waals surface area contributed by atoms with E-state index >= 15 is 0 Å². The molecule has 1 aliphatic heterocycles. The minimum atomic E-state index is -1.73. The van der Waals surface area contributed by atoms with Crippen molar-refractivity contribution in [1.82, 2.24) is 24.5 Å². The van der Waals surface area contributed by atoms with Gasteiger partial charge in [0, 0.05) is 35.8 Å². The number of hydrogen-bond acceptors (Lipinski definition) is 5. The maximum absolute atomic E-state index is 11.0. The largest absolute Gasteiger partial charge is 0.371 e. The van der Waals surface area contributed by atoms with Crippen LogP contribution in [0.3, 0.4) is 0 Å². The summed E-state index contributed by atoms with van der Waals surface area (Å²) in [5.74, 6) is 0.645. The molecule has 2 atom stereocenters. The number of nitrogens with zero attached hydrogens (tertiary/aromatic N) is 4. The van der Waals surface area contributed by atoms with Crippen LogP contribution in [0.2, 0.25) is 0 Å². The van der Waals surface area contributed by atoms with Crippen LogP contribution in [0, 0.1) is 6.92 Å². The lowest BCUT2D eigenvalue weighted by Gasteiger charge is -2.33. The molecule has 0 bridgehead atoms. The molecule has 0 amide bonds. The second kappa shape index (κ2) is 9.58. The van der Waals surface area contributed by atoms with Crippen molar-refractivity contribution < 1.29 is 13.5 Å². The third kappa shape index (κ3) is 4.53. The highest BCUT2D eigenvalue weighted by Gasteiger charge is 2.24. The number of aryl methyl sites for hydroxylation is 1. The molecule has 2 N–H and O–H groups in total. The lowest BCUT2D eigenvalue weighted by molar-refractivity contribution is -0.0297. The van der Waals surface area contributed by atoms with Gasteiger partial charge in [0.15, 0.2) is 16.7 Å². The Hall–Kier alpha value is -2.59. The molecule has 3 aromatic heterocycles. The Kier molecular flexibility index (Phi) is 6.52. The summed E-state index contributed by atoms with van der Waals surface area (Å²) < 4.78 is 28.0. The van der Waals surface area contributed by atoms with E-state index in [1.807, 2.05) is 10.7 Å². The first-order chi connectivity index (χ1) is 16.4. The van der Waals surface area contributed by atoms with E-state index in [0.717, 1.165) is 47.6 Å². The first-order valence-corrected chi connectivity index (χ1v) is 13.1. The smallest absolute Gasteiger partial charge is 0.158 e. The van der Waals surface area contributed by atoms with Gasteiger partial charge in [0.2, 0.25) is 0 Å². The van der Waals surface area contributed by atoms with E-state index in [1.165, 1.54) is 16.5 Å². The van der Waals surface area contributed by atoms with Gasteiger partial charge in [-0.15, -0.1) is 0 Å². The first-order valence-electron chi connectivity index (χ1n) is 11.8. The fourth-order valence-corrected chi connectivity index (χ4v) is 5.38. The van der Waals surface area contributed by atoms with Gasteiger partial charge in [-0.25, -0.2) is 13.7 Å². The molecule has 8 nitrogen and oxygen atoms in total. The molecule has 1 aliphatic rings. The maximum Gasteiger partial charge on any atom is 0.158 e. The summed E-state index contributed by atoms with van der Waals surface area (Å²) in [6, 6.07) is 8.74. The zero-order valence-electron chi connectivity index (χ0n) is 19.8. The monoisotopic (exact) mass is 481 g/mol. The van der Waals surface area contributed by atoms with Crippen molar-refractivity contribution in [2.24, 2.45) is 0 Å². The molecular formula is C25H31N5O3S. The number of nitrogens with one attached hydrogen (secondary N) is 1. The number of hydrogen-bond donors (Lipinski definition) is 2. The van der Waals surface area contributed by atoms with E-state index in [1.54, 1.807) is 6.33 Å². The van der Waals surface area contributed by atoms with Gasteiger partial charge >= 0.3 is 0 Å². The van der Waals surface area contributed by atoms with Crippen molar-refractivity contribution in [3.63, 3.8) is 0 Å². The zero-order chi connectivity index (χ0) is 23.8. The van der Waals surface area contributed by atoms with Gasteiger partial charge in [-0.1, -0.05) is 19.9 Å². The molecular weight excluding hydrogens is 450 g/mol. The lowest BCUT2D eigenvalue weighted by atomic mass is 9.94. The van der Waals surface area contributed by atoms with Crippen molar-refractivity contribution >= 4 is 27.6 Å². The fourth-order valence-electron chi connectivity index (χ4n) is 5.01. The van der Waals surface area contributed by atoms with Crippen molar-refractivity contribution in [2.45, 2.75) is 39.2 Å². The van der Waals surface area contributed by atoms with E-state index in [0.29, 0.717) is 24.7 Å². The number of ether oxygens (including phenoxy) is 1. The molecule has 34 heavy (non-hydrogen) atoms. The lowest BCUT2D eigenvalue weighted by Crippen LogP contribution is -2.39. The molecule has 1 fully saturated rings. The van der Waals surface area contributed by atoms with Gasteiger partial charge in [0.1, 0.15) is 6.33 Å². The minimum Gasteiger partial charge on any atom is -0.371 e. The number of fused-ring (bicyclic) bond motifs is 2. The maximum atomic E-state index is 11.0. The van der Waals surface area contributed by atoms with Gasteiger partial charge in [0.25, 0.3) is 0 Å². The Balaban J connectivity index is 1.48. The molecule has 0 aliphatic carbocycles. The normalized spacial score (nSPS) is 18.3. The summed E-state index contributed by atoms with van der Waals surface area (Å²) in [6.07, 6.45) is 4.33. The number of morpholine rings is 1. The summed E-state index contributed by atoms with van der Waals surface area (Å²) in [4.78, 5) is 10.3. The van der Waals surface area contributed by atoms with Crippen molar-refractivity contribution in [2.75, 3.05) is 32.0 Å². The fraction of sp³-hybridized carbons (Fsp3) is 0.440. The third-order valence-electron chi connectivity index (χ3n) is 6.60. The summed E-state index contributed by atoms with van der Waals surface area (Å²) in [5.41, 5.74) is 7.73. The predicted octanol–water partition coefficient (Wildman–Crippen LogP) is 4.29. The average molecular weight is 482 g/mol. The topological polar surface area (TPSA) is 95.8 Å². The highest BCUT2D eigenvalue weighted by atomic mass is 32.2. The standard InChI is InChI=1S/C25H31N5O3S/c1-16(2)23-20-12-18(22-14-29(8-9-33-22)7-4-10-34(31)32)5-6-21(20)28-24(23)19-11-17(3)25-26-15-27-30(25)13-19/h5-6,11-13,15-16,22,28H,4,7-10,14H2,1-3H3,(H,31,32). The summed E-state index contributed by atoms with van der Waals surface area (Å²) >= 11 is -1.73. The van der Waals surface area contributed by atoms with Crippen LogP contribution in [-0.2, 0) is 15.8 Å². The Morgan fingerprint density at radius 3 is 2.97 bits per heavy atom. The van der Waals surface area contributed by atoms with Crippen molar-refractivity contribution in [3.8, 4) is 11.3 Å². The number of pyridine rings is 1. The van der Waals surface area contributed by atoms with E-state index in [9.17, 15) is 4.21 Å². The zero-order valence-corrected chi connectivity index (χ0v) is 20.6. The summed E-state index contributed by atoms with van der Waals surface area (Å²) in [5, 5.41) is 5.56. The van der Waals surface area contributed by atoms with Gasteiger partial charge in [0.05, 0.1) is 24.2 Å². The van der Waals surface area contributed by atoms with Crippen LogP contribution in [-0.4, -0.2) is 65.2 Å². The van der Waals surface area contributed by atoms with Crippen LogP contribution in [0.25, 0.3) is 27.8 Å². The number of rotatable bonds is 7. The van der Waals surface area contributed by atoms with Crippen LogP contribution in [0.4, 0.5) is 0 Å². The third-order valence-corrected chi connectivity index (χ3v) is 7.24. The molecule has 180 valence electrons. The van der Waals surface area contributed by atoms with Crippen LogP contribution in [0.15, 0.2) is 36.8 Å². The number of H-pyrrole nitrogens is 1. The molecule has 9 heteroatoms. The van der Waals surface area contributed by atoms with E-state index in [-0.39, 0.29) is 6.10 Å². The Morgan fingerprint density at radius 1 is 1.32 bits per heavy atom. The molecule has 0 radical (unpaired) electrons. The van der Waals surface area contributed by atoms with Gasteiger partial charge in [-0.3, -0.25) is 4.90 Å². The van der Waals surface area contributed by atoms with Crippen LogP contribution >= 0.6 is 0 Å². The van der Waals surface area contributed by atoms with Gasteiger partial charge in [-0.05, 0) is 60.7 Å². The molecule has 5 rings (SSSR count). The molecule has 4 aromatic rings. The highest BCUT2D eigenvalue weighted by molar-refractivity contribution is 7.79. The second-order valence-electron chi connectivity index (χ2n) is 9.35. The molecule has 0 spiro atoms. The first kappa shape index (κ1) is 23.2. The van der Waals surface area contributed by atoms with E-state index < -0.39 is 11.1 Å². The Bertz CT molecular complexity index is 1350. The molecule has 1 saturated heterocycles. The number of aromatic amines is 1. The molecule has 0 saturated carbocycles. The second-order valence-corrected chi connectivity index (χ2v) is 10.4. The molecule has 1 aromatic carbocycles. The predicted molar refractivity (Wildman–Crippen MR) is 134 cm³/mol. The van der Waals surface area contributed by atoms with Crippen LogP contribution in [0.5, 0.6) is 0 Å². The SMILES string of the molecule is Cc1cc(-c2[nH]c3ccc(C4CN(CCCS(=O)O)CCO4)cc3c2C(C)C)cn2ncnc12. The number of aromatic nitrogens is 4. The molecule has 4 heterocycles. The van der Waals surface area contributed by atoms with Crippen molar-refractivity contribution in [3.05, 3.63) is 53.5 Å². The quantitative estimate of drug-likeness (QED) is 0.382. The highest BCUT2D eigenvalue weighted by Crippen LogP contribution is 2.37. The van der Waals surface area contributed by atoms with Gasteiger partial charge < -0.3 is 14.3 Å². The van der Waals surface area contributed by atoms with E-state index in [4.69, 9.17) is 9.29 Å². The molecule has 2 unspecified atom stereocenters. The summed E-state index contributed by atoms with van der Waals surface area (Å²) in [7, 11) is 0. The summed E-state index contributed by atoms with van der Waals surface area (Å²) in [6.45, 7) is 9.63.